The highest BCUT2D eigenvalue weighted by Gasteiger charge is 2.62. The summed E-state index contributed by atoms with van der Waals surface area (Å²) in [5.41, 5.74) is -1.97. The third-order valence-corrected chi connectivity index (χ3v) is 6.97. The molecule has 2 fully saturated rings. The highest BCUT2D eigenvalue weighted by molar-refractivity contribution is 5.95. The van der Waals surface area contributed by atoms with Gasteiger partial charge in [0.1, 0.15) is 34.8 Å². The van der Waals surface area contributed by atoms with Crippen LogP contribution in [0.3, 0.4) is 0 Å². The number of nitrogens with zero attached hydrogens (tertiary/aromatic N) is 2. The quantitative estimate of drug-likeness (QED) is 0.340. The van der Waals surface area contributed by atoms with Crippen molar-refractivity contribution in [3.63, 3.8) is 0 Å². The zero-order valence-electron chi connectivity index (χ0n) is 23.8. The number of hydrogen-bond acceptors (Lipinski definition) is 9. The lowest BCUT2D eigenvalue weighted by molar-refractivity contribution is -0.149. The first-order chi connectivity index (χ1) is 19.3. The van der Waals surface area contributed by atoms with Gasteiger partial charge in [0.25, 0.3) is 0 Å². The minimum absolute atomic E-state index is 0.0212. The van der Waals surface area contributed by atoms with E-state index in [9.17, 15) is 24.3 Å². The Hall–Kier alpha value is -4.35. The maximum absolute atomic E-state index is 13.6. The Morgan fingerprint density at radius 1 is 1.24 bits per heavy atom. The highest BCUT2D eigenvalue weighted by atomic mass is 16.6. The second-order valence-corrected chi connectivity index (χ2v) is 11.0. The molecule has 1 aliphatic heterocycles. The minimum atomic E-state index is -1.25. The van der Waals surface area contributed by atoms with E-state index in [4.69, 9.17) is 18.9 Å². The van der Waals surface area contributed by atoms with Gasteiger partial charge in [-0.15, -0.1) is 6.58 Å². The largest absolute Gasteiger partial charge is 0.497 e. The predicted octanol–water partition coefficient (Wildman–Crippen LogP) is 3.32. The van der Waals surface area contributed by atoms with Crippen molar-refractivity contribution in [1.82, 2.24) is 15.2 Å². The number of methoxy groups -OCH3 is 1. The van der Waals surface area contributed by atoms with Gasteiger partial charge in [-0.2, -0.15) is 0 Å². The van der Waals surface area contributed by atoms with Gasteiger partial charge in [-0.05, 0) is 46.2 Å². The molecule has 1 unspecified atom stereocenters. The van der Waals surface area contributed by atoms with Gasteiger partial charge in [0, 0.05) is 29.9 Å². The van der Waals surface area contributed by atoms with E-state index in [2.05, 4.69) is 16.9 Å². The molecule has 0 spiro atoms. The molecule has 4 rings (SSSR count). The molecule has 12 nitrogen and oxygen atoms in total. The normalized spacial score (nSPS) is 23.4. The summed E-state index contributed by atoms with van der Waals surface area (Å²) >= 11 is 0. The van der Waals surface area contributed by atoms with Crippen LogP contribution in [-0.2, 0) is 19.1 Å². The SMILES string of the molecule is C=CC1C[C@]1(NC(=O)[C@@H]1C[C@@H](Oc2cc(C(=O)O)nc3cc(OC)ccc23)CN1C(=O)OC(C)(C)C)C(=O)OCC. The molecule has 220 valence electrons. The number of hydrogen-bond donors (Lipinski definition) is 2. The molecule has 41 heavy (non-hydrogen) atoms. The lowest BCUT2D eigenvalue weighted by atomic mass is 10.1. The lowest BCUT2D eigenvalue weighted by Crippen LogP contribution is -2.53. The van der Waals surface area contributed by atoms with Crippen LogP contribution in [0.2, 0.25) is 0 Å². The van der Waals surface area contributed by atoms with E-state index in [1.807, 2.05) is 0 Å². The van der Waals surface area contributed by atoms with Crippen LogP contribution >= 0.6 is 0 Å². The number of carbonyl (C=O) groups is 4. The van der Waals surface area contributed by atoms with Gasteiger partial charge in [-0.1, -0.05) is 6.08 Å². The molecule has 2 amide bonds. The molecule has 2 heterocycles. The number of ether oxygens (including phenoxy) is 4. The van der Waals surface area contributed by atoms with Crippen molar-refractivity contribution in [3.05, 3.63) is 42.6 Å². The van der Waals surface area contributed by atoms with Crippen molar-refractivity contribution in [1.29, 1.82) is 0 Å². The molecule has 1 aliphatic carbocycles. The van der Waals surface area contributed by atoms with E-state index in [0.717, 1.165) is 0 Å². The van der Waals surface area contributed by atoms with Crippen LogP contribution in [0, 0.1) is 5.92 Å². The molecular formula is C29H35N3O9. The van der Waals surface area contributed by atoms with Gasteiger partial charge in [-0.25, -0.2) is 19.4 Å². The number of carbonyl (C=O) groups excluding carboxylic acids is 3. The zero-order valence-corrected chi connectivity index (χ0v) is 23.8. The van der Waals surface area contributed by atoms with Gasteiger partial charge in [0.05, 0.1) is 25.8 Å². The summed E-state index contributed by atoms with van der Waals surface area (Å²) in [6, 6.07) is 5.25. The average molecular weight is 570 g/mol. The van der Waals surface area contributed by atoms with Crippen molar-refractivity contribution in [2.24, 2.45) is 5.92 Å². The van der Waals surface area contributed by atoms with Crippen LogP contribution in [0.4, 0.5) is 4.79 Å². The molecule has 0 radical (unpaired) electrons. The van der Waals surface area contributed by atoms with E-state index in [-0.39, 0.29) is 36.9 Å². The fourth-order valence-electron chi connectivity index (χ4n) is 4.91. The van der Waals surface area contributed by atoms with Crippen LogP contribution in [0.1, 0.15) is 51.0 Å². The fourth-order valence-corrected chi connectivity index (χ4v) is 4.91. The highest BCUT2D eigenvalue weighted by Crippen LogP contribution is 2.46. The Morgan fingerprint density at radius 3 is 2.56 bits per heavy atom. The van der Waals surface area contributed by atoms with Crippen molar-refractivity contribution in [2.75, 3.05) is 20.3 Å². The van der Waals surface area contributed by atoms with Gasteiger partial charge in [0.15, 0.2) is 5.69 Å². The Balaban J connectivity index is 1.64. The van der Waals surface area contributed by atoms with Crippen LogP contribution in [0.5, 0.6) is 11.5 Å². The molecule has 2 N–H and O–H groups in total. The number of esters is 1. The molecule has 12 heteroatoms. The smallest absolute Gasteiger partial charge is 0.411 e. The third kappa shape index (κ3) is 6.21. The van der Waals surface area contributed by atoms with E-state index in [0.29, 0.717) is 23.1 Å². The van der Waals surface area contributed by atoms with E-state index in [1.54, 1.807) is 52.0 Å². The van der Waals surface area contributed by atoms with Crippen molar-refractivity contribution in [3.8, 4) is 11.5 Å². The molecule has 2 aliphatic rings. The number of pyridine rings is 1. The first-order valence-electron chi connectivity index (χ1n) is 13.3. The maximum atomic E-state index is 13.6. The molecular weight excluding hydrogens is 534 g/mol. The molecule has 1 aromatic carbocycles. The number of aromatic carboxylic acids is 1. The second kappa shape index (κ2) is 11.3. The summed E-state index contributed by atoms with van der Waals surface area (Å²) in [5, 5.41) is 12.9. The van der Waals surface area contributed by atoms with Gasteiger partial charge in [-0.3, -0.25) is 9.69 Å². The summed E-state index contributed by atoms with van der Waals surface area (Å²) < 4.78 is 22.2. The Morgan fingerprint density at radius 2 is 1.98 bits per heavy atom. The van der Waals surface area contributed by atoms with Gasteiger partial charge < -0.3 is 29.4 Å². The van der Waals surface area contributed by atoms with Crippen LogP contribution in [0.25, 0.3) is 10.9 Å². The van der Waals surface area contributed by atoms with Crippen LogP contribution in [-0.4, -0.2) is 82.5 Å². The fraction of sp³-hybridized carbons (Fsp3) is 0.483. The minimum Gasteiger partial charge on any atom is -0.497 e. The van der Waals surface area contributed by atoms with Crippen molar-refractivity contribution in [2.45, 2.75) is 63.8 Å². The number of nitrogens with one attached hydrogen (secondary N) is 1. The van der Waals surface area contributed by atoms with E-state index >= 15 is 0 Å². The first-order valence-corrected chi connectivity index (χ1v) is 13.3. The maximum Gasteiger partial charge on any atom is 0.411 e. The molecule has 0 bridgehead atoms. The Labute approximate surface area is 237 Å². The third-order valence-electron chi connectivity index (χ3n) is 6.97. The number of benzene rings is 1. The molecule has 2 aromatic rings. The number of aromatic nitrogens is 1. The standard InChI is InChI=1S/C29H35N3O9/c1-7-16-14-29(16,26(36)39-8-2)31-24(33)22-12-18(15-32(22)27(37)41-28(3,4)5)40-23-13-21(25(34)35)30-20-11-17(38-6)9-10-19(20)23/h7,9-11,13,16,18,22H,1,8,12,14-15H2,2-6H3,(H,31,33)(H,34,35)/t16?,18-,22+,29-/m1/s1. The Bertz CT molecular complexity index is 1390. The van der Waals surface area contributed by atoms with E-state index in [1.165, 1.54) is 18.1 Å². The monoisotopic (exact) mass is 569 g/mol. The van der Waals surface area contributed by atoms with Crippen molar-refractivity contribution < 1.29 is 43.2 Å². The number of carboxylic acid groups (broad SMARTS) is 1. The average Bonchev–Trinajstić information content (AvgIpc) is 3.46. The number of carboxylic acids is 1. The molecule has 1 saturated heterocycles. The molecule has 1 saturated carbocycles. The summed E-state index contributed by atoms with van der Waals surface area (Å²) in [4.78, 5) is 56.8. The summed E-state index contributed by atoms with van der Waals surface area (Å²) in [6.45, 7) is 10.7. The zero-order chi connectivity index (χ0) is 30.1. The molecule has 1 aromatic heterocycles. The number of amides is 2. The topological polar surface area (TPSA) is 154 Å². The first kappa shape index (κ1) is 29.6. The lowest BCUT2D eigenvalue weighted by Gasteiger charge is -2.28. The second-order valence-electron chi connectivity index (χ2n) is 11.0. The van der Waals surface area contributed by atoms with Crippen LogP contribution in [0.15, 0.2) is 36.9 Å². The van der Waals surface area contributed by atoms with Gasteiger partial charge in [0.2, 0.25) is 5.91 Å². The predicted molar refractivity (Wildman–Crippen MR) is 147 cm³/mol. The van der Waals surface area contributed by atoms with E-state index < -0.39 is 47.2 Å². The Kier molecular flexibility index (Phi) is 8.14. The summed E-state index contributed by atoms with van der Waals surface area (Å²) in [6.07, 6.45) is 0.559. The number of likely N-dealkylation sites (tertiary alicyclic amines) is 1. The van der Waals surface area contributed by atoms with Crippen molar-refractivity contribution >= 4 is 34.8 Å². The number of fused-ring (bicyclic) bond motifs is 1. The van der Waals surface area contributed by atoms with Crippen LogP contribution < -0.4 is 14.8 Å². The summed E-state index contributed by atoms with van der Waals surface area (Å²) in [7, 11) is 1.49. The summed E-state index contributed by atoms with van der Waals surface area (Å²) in [5.74, 6) is -1.96. The molecule has 4 atom stereocenters. The van der Waals surface area contributed by atoms with Gasteiger partial charge >= 0.3 is 18.0 Å². The number of rotatable bonds is 9.